The fourth-order valence-electron chi connectivity index (χ4n) is 1.66. The minimum absolute atomic E-state index is 0.173. The number of nitrogens with zero attached hydrogens (tertiary/aromatic N) is 1. The van der Waals surface area contributed by atoms with Gasteiger partial charge in [0.2, 0.25) is 11.8 Å². The van der Waals surface area contributed by atoms with E-state index < -0.39 is 5.54 Å². The second-order valence-corrected chi connectivity index (χ2v) is 3.76. The van der Waals surface area contributed by atoms with Gasteiger partial charge in [-0.15, -0.1) is 0 Å². The predicted molar refractivity (Wildman–Crippen MR) is 49.1 cm³/mol. The summed E-state index contributed by atoms with van der Waals surface area (Å²) in [7, 11) is 1.81. The van der Waals surface area contributed by atoms with Crippen molar-refractivity contribution in [1.29, 1.82) is 0 Å². The van der Waals surface area contributed by atoms with Gasteiger partial charge >= 0.3 is 0 Å². The Bertz CT molecular complexity index is 240. The van der Waals surface area contributed by atoms with Crippen molar-refractivity contribution in [2.45, 2.75) is 32.2 Å². The lowest BCUT2D eigenvalue weighted by atomic mass is 9.91. The first-order valence-electron chi connectivity index (χ1n) is 4.56. The van der Waals surface area contributed by atoms with Gasteiger partial charge in [-0.25, -0.2) is 0 Å². The fourth-order valence-corrected chi connectivity index (χ4v) is 1.66. The van der Waals surface area contributed by atoms with Gasteiger partial charge in [0.15, 0.2) is 0 Å². The third-order valence-corrected chi connectivity index (χ3v) is 2.70. The van der Waals surface area contributed by atoms with Crippen LogP contribution in [0, 0.1) is 0 Å². The maximum Gasteiger partial charge on any atom is 0.246 e. The number of hydrogen-bond donors (Lipinski definition) is 1. The van der Waals surface area contributed by atoms with Crippen LogP contribution in [0.3, 0.4) is 0 Å². The van der Waals surface area contributed by atoms with E-state index in [1.165, 1.54) is 0 Å². The first kappa shape index (κ1) is 10.2. The minimum Gasteiger partial charge on any atom is -0.294 e. The second-order valence-electron chi connectivity index (χ2n) is 3.76. The number of likely N-dealkylation sites (N-methyl/N-ethyl adjacent to an activating group) is 1. The van der Waals surface area contributed by atoms with Crippen LogP contribution in [-0.4, -0.2) is 35.8 Å². The molecule has 0 aromatic heterocycles. The van der Waals surface area contributed by atoms with Crippen molar-refractivity contribution in [3.05, 3.63) is 0 Å². The predicted octanol–water partition coefficient (Wildman–Crippen LogP) is 0.133. The van der Waals surface area contributed by atoms with Crippen molar-refractivity contribution in [3.63, 3.8) is 0 Å². The quantitative estimate of drug-likeness (QED) is 0.621. The number of carbonyl (C=O) groups is 2. The summed E-state index contributed by atoms with van der Waals surface area (Å²) in [4.78, 5) is 24.4. The van der Waals surface area contributed by atoms with E-state index in [1.54, 1.807) is 0 Å². The summed E-state index contributed by atoms with van der Waals surface area (Å²) in [5.74, 6) is -0.380. The van der Waals surface area contributed by atoms with Crippen LogP contribution in [0.5, 0.6) is 0 Å². The highest BCUT2D eigenvalue weighted by molar-refractivity contribution is 6.03. The van der Waals surface area contributed by atoms with Crippen LogP contribution in [0.4, 0.5) is 0 Å². The van der Waals surface area contributed by atoms with Gasteiger partial charge in [0.1, 0.15) is 0 Å². The van der Waals surface area contributed by atoms with E-state index in [1.807, 2.05) is 25.8 Å². The van der Waals surface area contributed by atoms with Gasteiger partial charge in [-0.3, -0.25) is 19.8 Å². The summed E-state index contributed by atoms with van der Waals surface area (Å²) in [6, 6.07) is 0. The van der Waals surface area contributed by atoms with E-state index in [4.69, 9.17) is 0 Å². The highest BCUT2D eigenvalue weighted by Crippen LogP contribution is 2.22. The molecule has 0 spiro atoms. The molecule has 2 amide bonds. The van der Waals surface area contributed by atoms with Gasteiger partial charge in [0, 0.05) is 0 Å². The standard InChI is InChI=1S/C9H16N2O2/c1-4-5-9(2)8(13)10-7(12)6-11(9)3/h4-6H2,1-3H3,(H,10,12,13). The van der Waals surface area contributed by atoms with Gasteiger partial charge in [0.25, 0.3) is 0 Å². The Balaban J connectivity index is 2.82. The van der Waals surface area contributed by atoms with Crippen LogP contribution in [0.25, 0.3) is 0 Å². The Morgan fingerprint density at radius 1 is 1.54 bits per heavy atom. The average molecular weight is 184 g/mol. The molecule has 1 unspecified atom stereocenters. The van der Waals surface area contributed by atoms with E-state index in [0.717, 1.165) is 12.8 Å². The average Bonchev–Trinajstić information content (AvgIpc) is 2.01. The van der Waals surface area contributed by atoms with E-state index in [-0.39, 0.29) is 11.8 Å². The van der Waals surface area contributed by atoms with Crippen molar-refractivity contribution in [2.75, 3.05) is 13.6 Å². The number of amides is 2. The molecule has 0 bridgehead atoms. The van der Waals surface area contributed by atoms with E-state index in [9.17, 15) is 9.59 Å². The Labute approximate surface area is 78.3 Å². The number of imide groups is 1. The molecule has 4 heteroatoms. The molecule has 0 aromatic rings. The molecule has 0 aliphatic carbocycles. The third kappa shape index (κ3) is 1.72. The molecule has 1 rings (SSSR count). The molecular weight excluding hydrogens is 168 g/mol. The topological polar surface area (TPSA) is 49.4 Å². The lowest BCUT2D eigenvalue weighted by Crippen LogP contribution is -2.63. The Hall–Kier alpha value is -0.900. The van der Waals surface area contributed by atoms with Gasteiger partial charge in [0.05, 0.1) is 12.1 Å². The lowest BCUT2D eigenvalue weighted by molar-refractivity contribution is -0.145. The van der Waals surface area contributed by atoms with Crippen LogP contribution in [0.15, 0.2) is 0 Å². The van der Waals surface area contributed by atoms with Gasteiger partial charge in [-0.05, 0) is 20.4 Å². The van der Waals surface area contributed by atoms with E-state index >= 15 is 0 Å². The van der Waals surface area contributed by atoms with Gasteiger partial charge in [-0.1, -0.05) is 13.3 Å². The molecule has 0 aromatic carbocycles. The zero-order valence-electron chi connectivity index (χ0n) is 8.39. The molecule has 1 N–H and O–H groups in total. The number of rotatable bonds is 2. The summed E-state index contributed by atoms with van der Waals surface area (Å²) in [6.07, 6.45) is 1.71. The molecule has 13 heavy (non-hydrogen) atoms. The van der Waals surface area contributed by atoms with E-state index in [2.05, 4.69) is 5.32 Å². The van der Waals surface area contributed by atoms with E-state index in [0.29, 0.717) is 6.54 Å². The SMILES string of the molecule is CCCC1(C)C(=O)NC(=O)CN1C. The summed E-state index contributed by atoms with van der Waals surface area (Å²) in [6.45, 7) is 4.21. The molecular formula is C9H16N2O2. The molecule has 1 heterocycles. The zero-order valence-corrected chi connectivity index (χ0v) is 8.39. The summed E-state index contributed by atoms with van der Waals surface area (Å²) < 4.78 is 0. The number of hydrogen-bond acceptors (Lipinski definition) is 3. The van der Waals surface area contributed by atoms with Gasteiger partial charge in [-0.2, -0.15) is 0 Å². The molecule has 1 atom stereocenters. The highest BCUT2D eigenvalue weighted by Gasteiger charge is 2.41. The first-order valence-corrected chi connectivity index (χ1v) is 4.56. The summed E-state index contributed by atoms with van der Waals surface area (Å²) in [5.41, 5.74) is -0.511. The van der Waals surface area contributed by atoms with Crippen molar-refractivity contribution in [3.8, 4) is 0 Å². The largest absolute Gasteiger partial charge is 0.294 e. The monoisotopic (exact) mass is 184 g/mol. The second kappa shape index (κ2) is 3.46. The molecule has 0 radical (unpaired) electrons. The van der Waals surface area contributed by atoms with Crippen LogP contribution in [-0.2, 0) is 9.59 Å². The molecule has 1 saturated heterocycles. The normalized spacial score (nSPS) is 30.4. The molecule has 1 aliphatic rings. The maximum absolute atomic E-state index is 11.6. The molecule has 74 valence electrons. The van der Waals surface area contributed by atoms with Crippen LogP contribution >= 0.6 is 0 Å². The van der Waals surface area contributed by atoms with Crippen molar-refractivity contribution in [2.24, 2.45) is 0 Å². The molecule has 1 aliphatic heterocycles. The molecule has 0 saturated carbocycles. The minimum atomic E-state index is -0.511. The molecule has 1 fully saturated rings. The summed E-state index contributed by atoms with van der Waals surface area (Å²) in [5, 5.41) is 2.37. The smallest absolute Gasteiger partial charge is 0.246 e. The fraction of sp³-hybridized carbons (Fsp3) is 0.778. The van der Waals surface area contributed by atoms with Crippen LogP contribution in [0.1, 0.15) is 26.7 Å². The maximum atomic E-state index is 11.6. The number of nitrogens with one attached hydrogen (secondary N) is 1. The zero-order chi connectivity index (χ0) is 10.1. The Morgan fingerprint density at radius 3 is 2.62 bits per heavy atom. The lowest BCUT2D eigenvalue weighted by Gasteiger charge is -2.40. The Kier molecular flexibility index (Phi) is 2.71. The van der Waals surface area contributed by atoms with Crippen LogP contribution < -0.4 is 5.32 Å². The molecule has 4 nitrogen and oxygen atoms in total. The van der Waals surface area contributed by atoms with Gasteiger partial charge < -0.3 is 0 Å². The first-order chi connectivity index (χ1) is 6.00. The summed E-state index contributed by atoms with van der Waals surface area (Å²) >= 11 is 0. The van der Waals surface area contributed by atoms with Crippen molar-refractivity contribution in [1.82, 2.24) is 10.2 Å². The Morgan fingerprint density at radius 2 is 2.15 bits per heavy atom. The van der Waals surface area contributed by atoms with Crippen molar-refractivity contribution >= 4 is 11.8 Å². The number of piperazine rings is 1. The third-order valence-electron chi connectivity index (χ3n) is 2.70. The number of carbonyl (C=O) groups excluding carboxylic acids is 2. The van der Waals surface area contributed by atoms with Crippen molar-refractivity contribution < 1.29 is 9.59 Å². The highest BCUT2D eigenvalue weighted by atomic mass is 16.2. The van der Waals surface area contributed by atoms with Crippen LogP contribution in [0.2, 0.25) is 0 Å².